The van der Waals surface area contributed by atoms with E-state index in [1.807, 2.05) is 54.6 Å². The summed E-state index contributed by atoms with van der Waals surface area (Å²) in [6.45, 7) is 4.73. The molecule has 34 heavy (non-hydrogen) atoms. The Balaban J connectivity index is 1.54. The van der Waals surface area contributed by atoms with Gasteiger partial charge in [0.25, 0.3) is 0 Å². The molecule has 4 rings (SSSR count). The van der Waals surface area contributed by atoms with Gasteiger partial charge in [0.1, 0.15) is 5.75 Å². The van der Waals surface area contributed by atoms with Crippen LogP contribution in [0.15, 0.2) is 78.9 Å². The van der Waals surface area contributed by atoms with Crippen molar-refractivity contribution in [2.24, 2.45) is 0 Å². The third-order valence-corrected chi connectivity index (χ3v) is 6.49. The number of carbonyl (C=O) groups is 1. The molecule has 1 heterocycles. The second kappa shape index (κ2) is 10.6. The van der Waals surface area contributed by atoms with Gasteiger partial charge in [-0.2, -0.15) is 0 Å². The standard InChI is InChI=1S/C29H29ClN2O2/c1-20-5-4-6-23(21(20)2)19-31-29(33)18-14-26-13-17-28(22-7-9-24(30)10-8-22)32(26)25-11-15-27(34-3)16-12-25/h4-13,15-17H,14,18-19H2,1-3H3,(H,31,33). The molecule has 0 bridgehead atoms. The molecule has 0 fully saturated rings. The van der Waals surface area contributed by atoms with Gasteiger partial charge in [-0.1, -0.05) is 41.9 Å². The zero-order valence-electron chi connectivity index (χ0n) is 19.8. The lowest BCUT2D eigenvalue weighted by atomic mass is 10.0. The minimum Gasteiger partial charge on any atom is -0.497 e. The fourth-order valence-corrected chi connectivity index (χ4v) is 4.21. The summed E-state index contributed by atoms with van der Waals surface area (Å²) >= 11 is 6.11. The van der Waals surface area contributed by atoms with Crippen LogP contribution in [0.3, 0.4) is 0 Å². The van der Waals surface area contributed by atoms with E-state index in [0.29, 0.717) is 24.4 Å². The number of aromatic nitrogens is 1. The zero-order chi connectivity index (χ0) is 24.1. The molecular formula is C29H29ClN2O2. The molecule has 0 unspecified atom stereocenters. The second-order valence-corrected chi connectivity index (χ2v) is 8.82. The molecular weight excluding hydrogens is 444 g/mol. The van der Waals surface area contributed by atoms with E-state index in [-0.39, 0.29) is 5.91 Å². The Bertz CT molecular complexity index is 1270. The topological polar surface area (TPSA) is 43.3 Å². The first-order valence-corrected chi connectivity index (χ1v) is 11.8. The molecule has 0 aliphatic heterocycles. The number of ether oxygens (including phenoxy) is 1. The van der Waals surface area contributed by atoms with E-state index in [4.69, 9.17) is 16.3 Å². The summed E-state index contributed by atoms with van der Waals surface area (Å²) in [7, 11) is 1.66. The van der Waals surface area contributed by atoms with Gasteiger partial charge in [-0.3, -0.25) is 4.79 Å². The number of hydrogen-bond donors (Lipinski definition) is 1. The first-order valence-electron chi connectivity index (χ1n) is 11.4. The van der Waals surface area contributed by atoms with E-state index in [0.717, 1.165) is 34.0 Å². The smallest absolute Gasteiger partial charge is 0.220 e. The number of carbonyl (C=O) groups excluding carboxylic acids is 1. The van der Waals surface area contributed by atoms with Crippen LogP contribution in [0, 0.1) is 13.8 Å². The fourth-order valence-electron chi connectivity index (χ4n) is 4.08. The van der Waals surface area contributed by atoms with Gasteiger partial charge >= 0.3 is 0 Å². The van der Waals surface area contributed by atoms with Gasteiger partial charge < -0.3 is 14.6 Å². The van der Waals surface area contributed by atoms with E-state index >= 15 is 0 Å². The highest BCUT2D eigenvalue weighted by atomic mass is 35.5. The largest absolute Gasteiger partial charge is 0.497 e. The minimum atomic E-state index is 0.0384. The number of hydrogen-bond acceptors (Lipinski definition) is 2. The van der Waals surface area contributed by atoms with Crippen molar-refractivity contribution in [1.29, 1.82) is 0 Å². The van der Waals surface area contributed by atoms with Crippen LogP contribution in [0.4, 0.5) is 0 Å². The quantitative estimate of drug-likeness (QED) is 0.311. The first kappa shape index (κ1) is 23.7. The highest BCUT2D eigenvalue weighted by Crippen LogP contribution is 2.29. The van der Waals surface area contributed by atoms with Crippen molar-refractivity contribution < 1.29 is 9.53 Å². The van der Waals surface area contributed by atoms with Crippen molar-refractivity contribution in [2.45, 2.75) is 33.2 Å². The minimum absolute atomic E-state index is 0.0384. The Hall–Kier alpha value is -3.50. The first-order chi connectivity index (χ1) is 16.5. The maximum Gasteiger partial charge on any atom is 0.220 e. The van der Waals surface area contributed by atoms with Crippen molar-refractivity contribution in [3.63, 3.8) is 0 Å². The summed E-state index contributed by atoms with van der Waals surface area (Å²) in [4.78, 5) is 12.7. The molecule has 4 nitrogen and oxygen atoms in total. The average Bonchev–Trinajstić information content (AvgIpc) is 3.28. The predicted molar refractivity (Wildman–Crippen MR) is 139 cm³/mol. The van der Waals surface area contributed by atoms with E-state index in [1.54, 1.807) is 7.11 Å². The number of amides is 1. The molecule has 174 valence electrons. The summed E-state index contributed by atoms with van der Waals surface area (Å²) in [5.74, 6) is 0.841. The van der Waals surface area contributed by atoms with Crippen molar-refractivity contribution in [2.75, 3.05) is 7.11 Å². The lowest BCUT2D eigenvalue weighted by molar-refractivity contribution is -0.121. The molecule has 0 spiro atoms. The number of nitrogens with one attached hydrogen (secondary N) is 1. The van der Waals surface area contributed by atoms with Crippen LogP contribution in [0.1, 0.15) is 28.8 Å². The Labute approximate surface area is 206 Å². The van der Waals surface area contributed by atoms with Crippen LogP contribution < -0.4 is 10.1 Å². The Morgan fingerprint density at radius 3 is 2.38 bits per heavy atom. The summed E-state index contributed by atoms with van der Waals surface area (Å²) in [6, 6.07) is 26.1. The Morgan fingerprint density at radius 1 is 0.941 bits per heavy atom. The summed E-state index contributed by atoms with van der Waals surface area (Å²) < 4.78 is 7.52. The number of benzene rings is 3. The van der Waals surface area contributed by atoms with Gasteiger partial charge in [-0.05, 0) is 91.1 Å². The molecule has 0 radical (unpaired) electrons. The molecule has 0 atom stereocenters. The predicted octanol–water partition coefficient (Wildman–Crippen LogP) is 6.67. The normalized spacial score (nSPS) is 10.8. The van der Waals surface area contributed by atoms with Crippen molar-refractivity contribution in [3.05, 3.63) is 106 Å². The fraction of sp³-hybridized carbons (Fsp3) is 0.207. The number of halogens is 1. The van der Waals surface area contributed by atoms with Crippen LogP contribution >= 0.6 is 11.6 Å². The molecule has 0 aliphatic rings. The van der Waals surface area contributed by atoms with Gasteiger partial charge in [-0.25, -0.2) is 0 Å². The van der Waals surface area contributed by atoms with Gasteiger partial charge in [0.05, 0.1) is 12.8 Å². The maximum absolute atomic E-state index is 12.7. The maximum atomic E-state index is 12.7. The number of rotatable bonds is 8. The highest BCUT2D eigenvalue weighted by molar-refractivity contribution is 6.30. The molecule has 1 amide bonds. The third-order valence-electron chi connectivity index (χ3n) is 6.23. The zero-order valence-corrected chi connectivity index (χ0v) is 20.5. The van der Waals surface area contributed by atoms with Crippen LogP contribution in [-0.2, 0) is 17.8 Å². The van der Waals surface area contributed by atoms with Crippen LogP contribution in [0.2, 0.25) is 5.02 Å². The molecule has 0 saturated heterocycles. The number of aryl methyl sites for hydroxylation is 2. The summed E-state index contributed by atoms with van der Waals surface area (Å²) in [6.07, 6.45) is 1.03. The van der Waals surface area contributed by atoms with Gasteiger partial charge in [0.2, 0.25) is 5.91 Å². The molecule has 0 aliphatic carbocycles. The third kappa shape index (κ3) is 5.35. The molecule has 1 aromatic heterocycles. The van der Waals surface area contributed by atoms with E-state index in [9.17, 15) is 4.79 Å². The van der Waals surface area contributed by atoms with Gasteiger partial charge in [0.15, 0.2) is 0 Å². The van der Waals surface area contributed by atoms with Gasteiger partial charge in [0, 0.05) is 29.4 Å². The van der Waals surface area contributed by atoms with Gasteiger partial charge in [-0.15, -0.1) is 0 Å². The lowest BCUT2D eigenvalue weighted by Gasteiger charge is -2.15. The van der Waals surface area contributed by atoms with Crippen LogP contribution in [0.25, 0.3) is 16.9 Å². The number of nitrogens with zero attached hydrogens (tertiary/aromatic N) is 1. The molecule has 3 aromatic carbocycles. The van der Waals surface area contributed by atoms with Crippen molar-refractivity contribution >= 4 is 17.5 Å². The number of methoxy groups -OCH3 is 1. The van der Waals surface area contributed by atoms with Crippen molar-refractivity contribution in [3.8, 4) is 22.7 Å². The molecule has 1 N–H and O–H groups in total. The van der Waals surface area contributed by atoms with E-state index in [1.165, 1.54) is 11.1 Å². The van der Waals surface area contributed by atoms with E-state index < -0.39 is 0 Å². The highest BCUT2D eigenvalue weighted by Gasteiger charge is 2.14. The summed E-state index contributed by atoms with van der Waals surface area (Å²) in [5, 5.41) is 3.78. The Kier molecular flexibility index (Phi) is 7.39. The summed E-state index contributed by atoms with van der Waals surface area (Å²) in [5.41, 5.74) is 7.81. The second-order valence-electron chi connectivity index (χ2n) is 8.39. The SMILES string of the molecule is COc1ccc(-n2c(CCC(=O)NCc3cccc(C)c3C)ccc2-c2ccc(Cl)cc2)cc1. The Morgan fingerprint density at radius 2 is 1.68 bits per heavy atom. The van der Waals surface area contributed by atoms with Crippen LogP contribution in [-0.4, -0.2) is 17.6 Å². The molecule has 4 aromatic rings. The molecule has 0 saturated carbocycles. The van der Waals surface area contributed by atoms with E-state index in [2.05, 4.69) is 48.0 Å². The monoisotopic (exact) mass is 472 g/mol. The average molecular weight is 473 g/mol. The molecule has 5 heteroatoms. The van der Waals surface area contributed by atoms with Crippen molar-refractivity contribution in [1.82, 2.24) is 9.88 Å². The lowest BCUT2D eigenvalue weighted by Crippen LogP contribution is -2.23. The van der Waals surface area contributed by atoms with Crippen LogP contribution in [0.5, 0.6) is 5.75 Å².